The normalized spacial score (nSPS) is 14.0. The second-order valence-electron chi connectivity index (χ2n) is 15.1. The lowest BCUT2D eigenvalue weighted by Gasteiger charge is -2.24. The van der Waals surface area contributed by atoms with E-state index in [2.05, 4.69) is 26.0 Å². The number of carbonyl (C=O) groups excluding carboxylic acids is 1. The predicted octanol–water partition coefficient (Wildman–Crippen LogP) is 12.0. The molecular formula is C41H81NO7P+. The number of unbranched alkanes of at least 4 members (excludes halogenated alkanes) is 22. The molecule has 0 saturated carbocycles. The molecule has 0 aliphatic rings. The first-order chi connectivity index (χ1) is 24.1. The van der Waals surface area contributed by atoms with Crippen LogP contribution < -0.4 is 0 Å². The molecule has 1 N–H and O–H groups in total. The number of phosphoric acid groups is 1. The summed E-state index contributed by atoms with van der Waals surface area (Å²) in [6.07, 6.45) is 38.7. The lowest BCUT2D eigenvalue weighted by atomic mass is 10.0. The van der Waals surface area contributed by atoms with Crippen molar-refractivity contribution in [1.82, 2.24) is 0 Å². The van der Waals surface area contributed by atoms with E-state index in [1.807, 2.05) is 27.2 Å². The van der Waals surface area contributed by atoms with Gasteiger partial charge in [0.1, 0.15) is 19.8 Å². The first-order valence-electron chi connectivity index (χ1n) is 20.6. The molecule has 296 valence electrons. The van der Waals surface area contributed by atoms with Crippen LogP contribution in [0.5, 0.6) is 0 Å². The van der Waals surface area contributed by atoms with E-state index >= 15 is 0 Å². The van der Waals surface area contributed by atoms with Crippen molar-refractivity contribution in [3.8, 4) is 0 Å². The van der Waals surface area contributed by atoms with Crippen LogP contribution >= 0.6 is 7.82 Å². The van der Waals surface area contributed by atoms with Gasteiger partial charge in [0, 0.05) is 6.42 Å². The van der Waals surface area contributed by atoms with E-state index in [0.29, 0.717) is 17.4 Å². The van der Waals surface area contributed by atoms with Gasteiger partial charge in [-0.2, -0.15) is 0 Å². The fourth-order valence-electron chi connectivity index (χ4n) is 5.57. The Morgan fingerprint density at radius 3 is 1.54 bits per heavy atom. The third-order valence-corrected chi connectivity index (χ3v) is 9.81. The van der Waals surface area contributed by atoms with Crippen molar-refractivity contribution in [3.05, 3.63) is 24.5 Å². The molecule has 0 aromatic carbocycles. The van der Waals surface area contributed by atoms with Gasteiger partial charge in [-0.1, -0.05) is 142 Å². The second-order valence-corrected chi connectivity index (χ2v) is 16.5. The Labute approximate surface area is 309 Å². The molecule has 0 aliphatic heterocycles. The van der Waals surface area contributed by atoms with Crippen LogP contribution in [0.2, 0.25) is 0 Å². The van der Waals surface area contributed by atoms with Gasteiger partial charge >= 0.3 is 13.8 Å². The predicted molar refractivity (Wildman–Crippen MR) is 210 cm³/mol. The number of allylic oxidation sites excluding steroid dienone is 3. The summed E-state index contributed by atoms with van der Waals surface area (Å²) in [5.74, 6) is -0.344. The number of hydrogen-bond acceptors (Lipinski definition) is 6. The summed E-state index contributed by atoms with van der Waals surface area (Å²) >= 11 is 0. The minimum Gasteiger partial charge on any atom is -0.498 e. The zero-order valence-electron chi connectivity index (χ0n) is 33.4. The number of hydrogen-bond donors (Lipinski definition) is 1. The van der Waals surface area contributed by atoms with E-state index in [0.717, 1.165) is 44.9 Å². The van der Waals surface area contributed by atoms with Gasteiger partial charge in [-0.25, -0.2) is 4.57 Å². The molecule has 0 radical (unpaired) electrons. The molecule has 0 saturated heterocycles. The van der Waals surface area contributed by atoms with Gasteiger partial charge in [-0.3, -0.25) is 13.8 Å². The maximum Gasteiger partial charge on any atom is 0.472 e. The zero-order chi connectivity index (χ0) is 37.0. The molecule has 0 aromatic rings. The average molecular weight is 731 g/mol. The number of esters is 1. The van der Waals surface area contributed by atoms with Gasteiger partial charge in [-0.15, -0.1) is 0 Å². The Morgan fingerprint density at radius 2 is 1.06 bits per heavy atom. The molecule has 0 bridgehead atoms. The number of carbonyl (C=O) groups is 1. The summed E-state index contributed by atoms with van der Waals surface area (Å²) in [6, 6.07) is 0. The number of nitrogens with zero attached hydrogens (tertiary/aromatic N) is 1. The first kappa shape index (κ1) is 48.8. The summed E-state index contributed by atoms with van der Waals surface area (Å²) in [4.78, 5) is 22.8. The molecule has 8 nitrogen and oxygen atoms in total. The molecule has 50 heavy (non-hydrogen) atoms. The largest absolute Gasteiger partial charge is 0.498 e. The minimum absolute atomic E-state index is 0.0474. The maximum absolute atomic E-state index is 12.6. The molecule has 0 amide bonds. The summed E-state index contributed by atoms with van der Waals surface area (Å²) in [7, 11) is 1.63. The molecule has 0 spiro atoms. The Balaban J connectivity index is 4.33. The van der Waals surface area contributed by atoms with E-state index in [4.69, 9.17) is 18.5 Å². The topological polar surface area (TPSA) is 91.3 Å². The Kier molecular flexibility index (Phi) is 34.1. The SMILES string of the molecule is CCCCCCC/C=C\CCCCCCCC(=O)O[C@H](CO/C=C\CCCCCCCCCCCCCC)COP(=O)(O)OCC[N+](C)(C)C. The van der Waals surface area contributed by atoms with Gasteiger partial charge in [0.05, 0.1) is 34.0 Å². The molecule has 9 heteroatoms. The molecule has 0 fully saturated rings. The Morgan fingerprint density at radius 1 is 0.620 bits per heavy atom. The second kappa shape index (κ2) is 34.9. The van der Waals surface area contributed by atoms with Crippen LogP contribution in [0.4, 0.5) is 0 Å². The van der Waals surface area contributed by atoms with Crippen LogP contribution in [0.25, 0.3) is 0 Å². The lowest BCUT2D eigenvalue weighted by molar-refractivity contribution is -0.870. The van der Waals surface area contributed by atoms with Crippen molar-refractivity contribution in [2.24, 2.45) is 0 Å². The van der Waals surface area contributed by atoms with Crippen molar-refractivity contribution in [1.29, 1.82) is 0 Å². The third-order valence-electron chi connectivity index (χ3n) is 8.83. The number of ether oxygens (including phenoxy) is 2. The van der Waals surface area contributed by atoms with E-state index in [1.165, 1.54) is 116 Å². The Hall–Kier alpha value is -1.18. The maximum atomic E-state index is 12.6. The van der Waals surface area contributed by atoms with Crippen LogP contribution in [-0.2, 0) is 27.9 Å². The van der Waals surface area contributed by atoms with Crippen LogP contribution in [0.15, 0.2) is 24.5 Å². The molecule has 2 atom stereocenters. The zero-order valence-corrected chi connectivity index (χ0v) is 34.3. The summed E-state index contributed by atoms with van der Waals surface area (Å²) in [5.41, 5.74) is 0. The van der Waals surface area contributed by atoms with Crippen molar-refractivity contribution in [2.75, 3.05) is 47.5 Å². The molecule has 0 rings (SSSR count). The van der Waals surface area contributed by atoms with Crippen molar-refractivity contribution in [3.63, 3.8) is 0 Å². The van der Waals surface area contributed by atoms with Crippen LogP contribution in [0.1, 0.15) is 181 Å². The van der Waals surface area contributed by atoms with Crippen LogP contribution in [0.3, 0.4) is 0 Å². The quantitative estimate of drug-likeness (QED) is 0.0169. The molecular weight excluding hydrogens is 649 g/mol. The number of likely N-dealkylation sites (N-methyl/N-ethyl adjacent to an activating group) is 1. The molecule has 1 unspecified atom stereocenters. The van der Waals surface area contributed by atoms with E-state index < -0.39 is 13.9 Å². The fourth-order valence-corrected chi connectivity index (χ4v) is 6.31. The van der Waals surface area contributed by atoms with E-state index in [-0.39, 0.29) is 25.8 Å². The smallest absolute Gasteiger partial charge is 0.472 e. The summed E-state index contributed by atoms with van der Waals surface area (Å²) in [6.45, 7) is 4.92. The number of quaternary nitrogens is 1. The first-order valence-corrected chi connectivity index (χ1v) is 22.1. The Bertz CT molecular complexity index is 858. The van der Waals surface area contributed by atoms with Crippen LogP contribution in [0, 0.1) is 0 Å². The number of rotatable bonds is 38. The minimum atomic E-state index is -4.28. The molecule has 0 aliphatic carbocycles. The summed E-state index contributed by atoms with van der Waals surface area (Å²) < 4.78 is 34.6. The van der Waals surface area contributed by atoms with Crippen molar-refractivity contribution < 1.29 is 37.3 Å². The monoisotopic (exact) mass is 731 g/mol. The average Bonchev–Trinajstić information content (AvgIpc) is 3.06. The van der Waals surface area contributed by atoms with Gasteiger partial charge < -0.3 is 18.9 Å². The highest BCUT2D eigenvalue weighted by atomic mass is 31.2. The van der Waals surface area contributed by atoms with Crippen LogP contribution in [-0.4, -0.2) is 69.0 Å². The fraction of sp³-hybridized carbons (Fsp3) is 0.878. The third kappa shape index (κ3) is 38.1. The lowest BCUT2D eigenvalue weighted by Crippen LogP contribution is -2.37. The summed E-state index contributed by atoms with van der Waals surface area (Å²) in [5, 5.41) is 0. The van der Waals surface area contributed by atoms with Crippen molar-refractivity contribution in [2.45, 2.75) is 187 Å². The van der Waals surface area contributed by atoms with Crippen molar-refractivity contribution >= 4 is 13.8 Å². The standard InChI is InChI=1S/C41H80NO7P/c1-6-8-10-12-14-16-18-20-22-24-26-28-30-32-34-41(43)49-40(39-48-50(44,45)47-37-35-42(3,4)5)38-46-36-33-31-29-27-25-23-21-19-17-15-13-11-9-7-2/h18,20,33,36,40H,6-17,19,21-32,34-35,37-39H2,1-5H3/p+1/b20-18-,36-33-/t40-/m1/s1. The number of phosphoric ester groups is 1. The van der Waals surface area contributed by atoms with E-state index in [9.17, 15) is 14.3 Å². The molecule has 0 heterocycles. The van der Waals surface area contributed by atoms with Gasteiger partial charge in [0.15, 0.2) is 6.10 Å². The van der Waals surface area contributed by atoms with Gasteiger partial charge in [-0.05, 0) is 51.0 Å². The van der Waals surface area contributed by atoms with Gasteiger partial charge in [0.2, 0.25) is 0 Å². The molecule has 0 aromatic heterocycles. The van der Waals surface area contributed by atoms with E-state index in [1.54, 1.807) is 6.26 Å². The highest BCUT2D eigenvalue weighted by Crippen LogP contribution is 2.43. The highest BCUT2D eigenvalue weighted by Gasteiger charge is 2.26. The van der Waals surface area contributed by atoms with Gasteiger partial charge in [0.25, 0.3) is 0 Å². The highest BCUT2D eigenvalue weighted by molar-refractivity contribution is 7.47.